The van der Waals surface area contributed by atoms with Crippen LogP contribution in [0.2, 0.25) is 0 Å². The van der Waals surface area contributed by atoms with E-state index in [-0.39, 0.29) is 24.3 Å². The Labute approximate surface area is 223 Å². The van der Waals surface area contributed by atoms with Crippen LogP contribution >= 0.6 is 0 Å². The van der Waals surface area contributed by atoms with E-state index in [0.29, 0.717) is 26.1 Å². The van der Waals surface area contributed by atoms with Crippen LogP contribution in [-0.4, -0.2) is 70.3 Å². The number of piperazine rings is 2. The van der Waals surface area contributed by atoms with Crippen LogP contribution in [0.1, 0.15) is 17.7 Å². The van der Waals surface area contributed by atoms with Crippen molar-refractivity contribution in [3.63, 3.8) is 0 Å². The third-order valence-electron chi connectivity index (χ3n) is 7.50. The Balaban J connectivity index is 1.13. The van der Waals surface area contributed by atoms with E-state index in [9.17, 15) is 9.59 Å². The van der Waals surface area contributed by atoms with Gasteiger partial charge in [0.15, 0.2) is 0 Å². The van der Waals surface area contributed by atoms with E-state index in [4.69, 9.17) is 4.98 Å². The molecule has 2 atom stereocenters. The maximum absolute atomic E-state index is 13.5. The highest BCUT2D eigenvalue weighted by atomic mass is 16.2. The first kappa shape index (κ1) is 24.1. The van der Waals surface area contributed by atoms with Crippen molar-refractivity contribution in [1.29, 1.82) is 0 Å². The summed E-state index contributed by atoms with van der Waals surface area (Å²) in [4.78, 5) is 36.9. The van der Waals surface area contributed by atoms with Crippen LogP contribution in [-0.2, 0) is 16.1 Å². The molecule has 1 aliphatic carbocycles. The minimum Gasteiger partial charge on any atom is -0.327 e. The molecule has 0 spiro atoms. The van der Waals surface area contributed by atoms with Gasteiger partial charge in [-0.05, 0) is 23.3 Å². The van der Waals surface area contributed by atoms with Gasteiger partial charge in [-0.15, -0.1) is 0 Å². The molecule has 0 radical (unpaired) electrons. The molecular weight excluding hydrogens is 472 g/mol. The molecule has 2 unspecified atom stereocenters. The number of carbonyl (C=O) groups excluding carboxylic acids is 2. The average molecular weight is 503 g/mol. The van der Waals surface area contributed by atoms with E-state index in [0.717, 1.165) is 29.7 Å². The monoisotopic (exact) mass is 502 g/mol. The Morgan fingerprint density at radius 2 is 1.79 bits per heavy atom. The number of carbonyl (C=O) groups is 2. The molecule has 2 amide bonds. The Morgan fingerprint density at radius 1 is 0.947 bits per heavy atom. The van der Waals surface area contributed by atoms with Crippen molar-refractivity contribution in [2.24, 2.45) is 5.92 Å². The zero-order valence-electron chi connectivity index (χ0n) is 21.3. The Kier molecular flexibility index (Phi) is 6.76. The molecule has 2 aliphatic heterocycles. The minimum absolute atomic E-state index is 0.00199. The van der Waals surface area contributed by atoms with E-state index < -0.39 is 6.04 Å². The highest BCUT2D eigenvalue weighted by molar-refractivity contribution is 5.95. The van der Waals surface area contributed by atoms with Crippen LogP contribution in [0.25, 0.3) is 16.5 Å². The summed E-state index contributed by atoms with van der Waals surface area (Å²) >= 11 is 0. The standard InChI is InChI=1S/C32H30N4O2/c37-31-23-35(21-28-17-16-27-12-6-7-13-29(27)33-28)32(38)30-22-34(18-19-36(30)31)20-24-8-4-5-11-26(15-14-24)25-9-2-1-3-10-25/h1-3,6-7,9-17,24,30H,5,18-23H2/b15-14?,26-11+. The fourth-order valence-electron chi connectivity index (χ4n) is 5.50. The summed E-state index contributed by atoms with van der Waals surface area (Å²) in [5.74, 6) is 6.76. The summed E-state index contributed by atoms with van der Waals surface area (Å²) < 4.78 is 0. The van der Waals surface area contributed by atoms with Gasteiger partial charge in [-0.2, -0.15) is 0 Å². The van der Waals surface area contributed by atoms with Gasteiger partial charge in [-0.3, -0.25) is 19.5 Å². The molecule has 3 heterocycles. The normalized spacial score (nSPS) is 23.2. The number of fused-ring (bicyclic) bond motifs is 2. The summed E-state index contributed by atoms with van der Waals surface area (Å²) in [6.45, 7) is 3.02. The van der Waals surface area contributed by atoms with Gasteiger partial charge >= 0.3 is 0 Å². The number of pyridine rings is 1. The molecule has 6 heteroatoms. The molecular formula is C32H30N4O2. The third kappa shape index (κ3) is 5.11. The molecule has 0 saturated carbocycles. The molecule has 2 aromatic carbocycles. The lowest BCUT2D eigenvalue weighted by Crippen LogP contribution is -2.66. The van der Waals surface area contributed by atoms with E-state index in [1.165, 1.54) is 11.1 Å². The zero-order valence-corrected chi connectivity index (χ0v) is 21.3. The highest BCUT2D eigenvalue weighted by Gasteiger charge is 2.42. The first-order valence-electron chi connectivity index (χ1n) is 13.2. The Hall–Kier alpha value is -4.21. The molecule has 3 aliphatic rings. The van der Waals surface area contributed by atoms with Gasteiger partial charge in [0.05, 0.1) is 23.7 Å². The topological polar surface area (TPSA) is 56.8 Å². The van der Waals surface area contributed by atoms with Gasteiger partial charge in [-0.1, -0.05) is 84.7 Å². The van der Waals surface area contributed by atoms with Crippen molar-refractivity contribution in [2.75, 3.05) is 32.7 Å². The molecule has 1 aromatic heterocycles. The van der Waals surface area contributed by atoms with Gasteiger partial charge in [-0.25, -0.2) is 0 Å². The first-order valence-corrected chi connectivity index (χ1v) is 13.2. The van der Waals surface area contributed by atoms with E-state index >= 15 is 0 Å². The van der Waals surface area contributed by atoms with Crippen molar-refractivity contribution in [2.45, 2.75) is 19.0 Å². The summed E-state index contributed by atoms with van der Waals surface area (Å²) in [6.07, 6.45) is 7.21. The fraction of sp³-hybridized carbons (Fsp3) is 0.281. The second-order valence-electron chi connectivity index (χ2n) is 10.1. The van der Waals surface area contributed by atoms with Crippen LogP contribution in [0.5, 0.6) is 0 Å². The van der Waals surface area contributed by atoms with Crippen molar-refractivity contribution < 1.29 is 9.59 Å². The Bertz CT molecular complexity index is 1480. The number of hydrogen-bond acceptors (Lipinski definition) is 4. The number of hydrogen-bond donors (Lipinski definition) is 0. The lowest BCUT2D eigenvalue weighted by molar-refractivity contribution is -0.160. The van der Waals surface area contributed by atoms with Crippen LogP contribution in [0.3, 0.4) is 0 Å². The summed E-state index contributed by atoms with van der Waals surface area (Å²) in [5, 5.41) is 1.06. The molecule has 3 aromatic rings. The molecule has 0 N–H and O–H groups in total. The zero-order chi connectivity index (χ0) is 25.9. The average Bonchev–Trinajstić information content (AvgIpc) is 2.93. The van der Waals surface area contributed by atoms with Crippen molar-refractivity contribution in [3.05, 3.63) is 96.2 Å². The van der Waals surface area contributed by atoms with Crippen molar-refractivity contribution in [3.8, 4) is 11.8 Å². The summed E-state index contributed by atoms with van der Waals surface area (Å²) in [7, 11) is 0. The number of amides is 2. The molecule has 2 fully saturated rings. The van der Waals surface area contributed by atoms with Gasteiger partial charge in [0.1, 0.15) is 12.6 Å². The molecule has 190 valence electrons. The first-order chi connectivity index (χ1) is 18.6. The van der Waals surface area contributed by atoms with E-state index in [1.807, 2.05) is 54.6 Å². The Morgan fingerprint density at radius 3 is 2.68 bits per heavy atom. The largest absolute Gasteiger partial charge is 0.327 e. The number of rotatable bonds is 5. The van der Waals surface area contributed by atoms with Crippen molar-refractivity contribution in [1.82, 2.24) is 19.7 Å². The number of allylic oxidation sites excluding steroid dienone is 3. The maximum Gasteiger partial charge on any atom is 0.247 e. The number of aromatic nitrogens is 1. The second kappa shape index (κ2) is 10.6. The van der Waals surface area contributed by atoms with Crippen LogP contribution in [0.15, 0.2) is 85.0 Å². The molecule has 2 saturated heterocycles. The van der Waals surface area contributed by atoms with Gasteiger partial charge < -0.3 is 9.80 Å². The maximum atomic E-state index is 13.5. The quantitative estimate of drug-likeness (QED) is 0.499. The molecule has 0 bridgehead atoms. The number of benzene rings is 2. The smallest absolute Gasteiger partial charge is 0.247 e. The van der Waals surface area contributed by atoms with Crippen LogP contribution in [0.4, 0.5) is 0 Å². The van der Waals surface area contributed by atoms with Gasteiger partial charge in [0.2, 0.25) is 11.8 Å². The minimum atomic E-state index is -0.462. The molecule has 38 heavy (non-hydrogen) atoms. The SMILES string of the molecule is O=C1C2CN(CC3C#CC/C=C(/c4ccccc4)C=C3)CCN2C(=O)CN1Cc1ccc2ccccc2n1. The summed E-state index contributed by atoms with van der Waals surface area (Å²) in [6, 6.07) is 21.8. The van der Waals surface area contributed by atoms with Crippen LogP contribution < -0.4 is 0 Å². The van der Waals surface area contributed by atoms with E-state index in [1.54, 1.807) is 9.80 Å². The number of para-hydroxylation sites is 1. The molecule has 6 nitrogen and oxygen atoms in total. The lowest BCUT2D eigenvalue weighted by atomic mass is 9.98. The number of nitrogens with zero attached hydrogens (tertiary/aromatic N) is 4. The van der Waals surface area contributed by atoms with Gasteiger partial charge in [0, 0.05) is 38.0 Å². The third-order valence-corrected chi connectivity index (χ3v) is 7.50. The van der Waals surface area contributed by atoms with E-state index in [2.05, 4.69) is 47.1 Å². The predicted octanol–water partition coefficient (Wildman–Crippen LogP) is 3.75. The van der Waals surface area contributed by atoms with Crippen molar-refractivity contribution >= 4 is 28.3 Å². The second-order valence-corrected chi connectivity index (χ2v) is 10.1. The summed E-state index contributed by atoms with van der Waals surface area (Å²) in [5.41, 5.74) is 4.06. The molecule has 6 rings (SSSR count). The lowest BCUT2D eigenvalue weighted by Gasteiger charge is -2.46. The fourth-order valence-corrected chi connectivity index (χ4v) is 5.50. The highest BCUT2D eigenvalue weighted by Crippen LogP contribution is 2.23. The van der Waals surface area contributed by atoms with Crippen LogP contribution in [0, 0.1) is 17.8 Å². The predicted molar refractivity (Wildman–Crippen MR) is 149 cm³/mol. The van der Waals surface area contributed by atoms with Gasteiger partial charge in [0.25, 0.3) is 0 Å².